The second kappa shape index (κ2) is 8.47. The highest BCUT2D eigenvalue weighted by atomic mass is 31.2. The zero-order valence-corrected chi connectivity index (χ0v) is 15.3. The van der Waals surface area contributed by atoms with Crippen LogP contribution < -0.4 is 14.8 Å². The number of nitrogens with one attached hydrogen (secondary N) is 1. The summed E-state index contributed by atoms with van der Waals surface area (Å²) in [7, 11) is -2.64. The number of ether oxygens (including phenoxy) is 1. The van der Waals surface area contributed by atoms with Gasteiger partial charge in [-0.15, -0.1) is 0 Å². The topological polar surface area (TPSA) is 99.7 Å². The molecular weight excluding hydrogens is 323 g/mol. The van der Waals surface area contributed by atoms with Crippen molar-refractivity contribution in [2.45, 2.75) is 40.7 Å². The molecule has 9 heteroatoms. The van der Waals surface area contributed by atoms with Crippen LogP contribution >= 0.6 is 7.82 Å². The highest BCUT2D eigenvalue weighted by molar-refractivity contribution is 7.49. The lowest BCUT2D eigenvalue weighted by atomic mass is 10.1. The quantitative estimate of drug-likeness (QED) is 0.685. The van der Waals surface area contributed by atoms with Gasteiger partial charge >= 0.3 is 13.4 Å². The fourth-order valence-electron chi connectivity index (χ4n) is 1.39. The van der Waals surface area contributed by atoms with Crippen LogP contribution in [0.4, 0.5) is 0 Å². The third-order valence-corrected chi connectivity index (χ3v) is 4.47. The zero-order valence-electron chi connectivity index (χ0n) is 14.4. The molecule has 0 bridgehead atoms. The van der Waals surface area contributed by atoms with Crippen LogP contribution in [0.25, 0.3) is 0 Å². The van der Waals surface area contributed by atoms with Crippen molar-refractivity contribution in [1.82, 2.24) is 10.2 Å². The molecule has 1 N–H and O–H groups in total. The molecule has 0 aliphatic heterocycles. The van der Waals surface area contributed by atoms with Gasteiger partial charge in [-0.2, -0.15) is 5.10 Å². The largest absolute Gasteiger partial charge is 0.530 e. The Morgan fingerprint density at radius 3 is 2.43 bits per heavy atom. The van der Waals surface area contributed by atoms with Gasteiger partial charge in [-0.1, -0.05) is 27.7 Å². The maximum absolute atomic E-state index is 12.9. The van der Waals surface area contributed by atoms with Crippen LogP contribution in [0.1, 0.15) is 34.6 Å². The van der Waals surface area contributed by atoms with Crippen LogP contribution in [0.2, 0.25) is 0 Å². The molecule has 2 atom stereocenters. The third kappa shape index (κ3) is 5.97. The normalized spacial score (nSPS) is 15.5. The van der Waals surface area contributed by atoms with Crippen LogP contribution in [0.3, 0.4) is 0 Å². The number of aromatic amines is 1. The fraction of sp³-hybridized carbons (Fsp3) is 0.714. The van der Waals surface area contributed by atoms with E-state index in [1.54, 1.807) is 6.92 Å². The van der Waals surface area contributed by atoms with Crippen molar-refractivity contribution in [2.75, 3.05) is 13.7 Å². The van der Waals surface area contributed by atoms with Gasteiger partial charge in [-0.25, -0.2) is 9.66 Å². The summed E-state index contributed by atoms with van der Waals surface area (Å²) in [6, 6.07) is 0. The lowest BCUT2D eigenvalue weighted by Crippen LogP contribution is -2.19. The van der Waals surface area contributed by atoms with Crippen molar-refractivity contribution in [3.05, 3.63) is 16.6 Å². The molecule has 0 spiro atoms. The first-order chi connectivity index (χ1) is 10.7. The molecule has 0 radical (unpaired) electrons. The molecule has 8 nitrogen and oxygen atoms in total. The second-order valence-corrected chi connectivity index (χ2v) is 7.43. The van der Waals surface area contributed by atoms with Gasteiger partial charge in [0.05, 0.1) is 26.0 Å². The summed E-state index contributed by atoms with van der Waals surface area (Å²) in [6.45, 7) is 9.62. The van der Waals surface area contributed by atoms with E-state index in [1.807, 2.05) is 27.7 Å². The molecule has 1 heterocycles. The molecule has 1 aromatic heterocycles. The predicted octanol–water partition coefficient (Wildman–Crippen LogP) is 3.00. The van der Waals surface area contributed by atoms with E-state index in [4.69, 9.17) is 18.3 Å². The number of nitrogens with zero attached hydrogens (tertiary/aromatic N) is 1. The van der Waals surface area contributed by atoms with Gasteiger partial charge in [0.15, 0.2) is 5.75 Å². The summed E-state index contributed by atoms with van der Waals surface area (Å²) in [5.41, 5.74) is -0.600. The van der Waals surface area contributed by atoms with Crippen LogP contribution in [0.15, 0.2) is 11.0 Å². The Hall–Kier alpha value is -1.37. The molecule has 1 aromatic rings. The molecule has 0 saturated heterocycles. The first-order valence-corrected chi connectivity index (χ1v) is 8.88. The Bertz CT molecular complexity index is 601. The molecule has 0 fully saturated rings. The Kier molecular flexibility index (Phi) is 7.25. The van der Waals surface area contributed by atoms with E-state index in [1.165, 1.54) is 13.3 Å². The number of aromatic nitrogens is 2. The lowest BCUT2D eigenvalue weighted by Gasteiger charge is -2.24. The minimum Gasteiger partial charge on any atom is -0.488 e. The van der Waals surface area contributed by atoms with Gasteiger partial charge in [-0.3, -0.25) is 13.8 Å². The fourth-order valence-corrected chi connectivity index (χ4v) is 3.05. The lowest BCUT2D eigenvalue weighted by molar-refractivity contribution is 0.0866. The van der Waals surface area contributed by atoms with Crippen molar-refractivity contribution in [3.8, 4) is 11.5 Å². The third-order valence-electron chi connectivity index (χ3n) is 2.99. The van der Waals surface area contributed by atoms with Gasteiger partial charge in [0.2, 0.25) is 5.75 Å². The Morgan fingerprint density at radius 1 is 1.26 bits per heavy atom. The molecule has 2 unspecified atom stereocenters. The number of rotatable bonds is 9. The minimum absolute atomic E-state index is 0.0979. The van der Waals surface area contributed by atoms with Gasteiger partial charge in [0.1, 0.15) is 0 Å². The van der Waals surface area contributed by atoms with E-state index in [9.17, 15) is 9.36 Å². The monoisotopic (exact) mass is 348 g/mol. The van der Waals surface area contributed by atoms with Crippen molar-refractivity contribution >= 4 is 7.82 Å². The summed E-state index contributed by atoms with van der Waals surface area (Å²) in [4.78, 5) is 11.7. The molecule has 0 aliphatic rings. The molecule has 0 amide bonds. The summed E-state index contributed by atoms with van der Waals surface area (Å²) in [6.07, 6.45) is 0.823. The standard InChI is InChI=1S/C14H25N2O6P/c1-9(2)8-20-23(18,21-11(5)10(3)4)22-12-7-15-16-14(17)13(12)19-6/h7,9-11H,8H2,1-6H3,(H,16,17). The van der Waals surface area contributed by atoms with Gasteiger partial charge in [0, 0.05) is 0 Å². The summed E-state index contributed by atoms with van der Waals surface area (Å²) in [5, 5.41) is 5.82. The SMILES string of the molecule is COc1c(OP(=O)(OCC(C)C)OC(C)C(C)C)cn[nH]c1=O. The molecule has 0 aliphatic carbocycles. The highest BCUT2D eigenvalue weighted by Gasteiger charge is 2.34. The first kappa shape index (κ1) is 19.7. The van der Waals surface area contributed by atoms with Crippen molar-refractivity contribution < 1.29 is 22.9 Å². The number of hydrogen-bond donors (Lipinski definition) is 1. The molecular formula is C14H25N2O6P. The van der Waals surface area contributed by atoms with Crippen molar-refractivity contribution in [3.63, 3.8) is 0 Å². The predicted molar refractivity (Wildman–Crippen MR) is 85.8 cm³/mol. The Morgan fingerprint density at radius 2 is 1.91 bits per heavy atom. The first-order valence-electron chi connectivity index (χ1n) is 7.42. The van der Waals surface area contributed by atoms with E-state index >= 15 is 0 Å². The van der Waals surface area contributed by atoms with Crippen molar-refractivity contribution in [2.24, 2.45) is 11.8 Å². The number of phosphoric acid groups is 1. The maximum atomic E-state index is 12.9. The Labute approximate surface area is 136 Å². The molecule has 1 rings (SSSR count). The summed E-state index contributed by atoms with van der Waals surface area (Å²) < 4.78 is 34.1. The number of methoxy groups -OCH3 is 1. The number of phosphoric ester groups is 1. The molecule has 0 aromatic carbocycles. The maximum Gasteiger partial charge on any atom is 0.530 e. The van der Waals surface area contributed by atoms with Gasteiger partial charge < -0.3 is 9.26 Å². The summed E-state index contributed by atoms with van der Waals surface area (Å²) in [5.74, 6) is -0.00804. The van der Waals surface area contributed by atoms with Gasteiger partial charge in [0.25, 0.3) is 0 Å². The number of hydrogen-bond acceptors (Lipinski definition) is 7. The minimum atomic E-state index is -3.94. The van der Waals surface area contributed by atoms with Crippen LogP contribution in [-0.2, 0) is 13.6 Å². The van der Waals surface area contributed by atoms with E-state index in [-0.39, 0.29) is 36.0 Å². The van der Waals surface area contributed by atoms with Crippen LogP contribution in [0.5, 0.6) is 11.5 Å². The van der Waals surface area contributed by atoms with E-state index in [2.05, 4.69) is 10.2 Å². The average molecular weight is 348 g/mol. The highest BCUT2D eigenvalue weighted by Crippen LogP contribution is 2.52. The van der Waals surface area contributed by atoms with E-state index in [0.717, 1.165) is 0 Å². The van der Waals surface area contributed by atoms with Crippen LogP contribution in [-0.4, -0.2) is 30.0 Å². The molecule has 0 saturated carbocycles. The average Bonchev–Trinajstić information content (AvgIpc) is 2.45. The molecule has 132 valence electrons. The Balaban J connectivity index is 3.08. The zero-order chi connectivity index (χ0) is 17.6. The molecule has 23 heavy (non-hydrogen) atoms. The van der Waals surface area contributed by atoms with Gasteiger partial charge in [-0.05, 0) is 18.8 Å². The van der Waals surface area contributed by atoms with E-state index < -0.39 is 13.4 Å². The number of H-pyrrole nitrogens is 1. The van der Waals surface area contributed by atoms with E-state index in [0.29, 0.717) is 0 Å². The smallest absolute Gasteiger partial charge is 0.488 e. The second-order valence-electron chi connectivity index (χ2n) is 5.88. The van der Waals surface area contributed by atoms with Crippen molar-refractivity contribution in [1.29, 1.82) is 0 Å². The summed E-state index contributed by atoms with van der Waals surface area (Å²) >= 11 is 0. The van der Waals surface area contributed by atoms with Crippen LogP contribution in [0, 0.1) is 11.8 Å².